The molecule has 152 valence electrons. The molecule has 1 aliphatic rings. The molecule has 4 N–H and O–H groups in total. The molecule has 1 amide bonds. The van der Waals surface area contributed by atoms with Crippen molar-refractivity contribution < 1.29 is 34.7 Å². The van der Waals surface area contributed by atoms with Gasteiger partial charge in [-0.05, 0) is 18.9 Å². The van der Waals surface area contributed by atoms with Crippen LogP contribution in [0.25, 0.3) is 0 Å². The van der Waals surface area contributed by atoms with Crippen LogP contribution in [0.15, 0.2) is 18.5 Å². The normalized spacial score (nSPS) is 31.4. The number of carbonyl (C=O) groups is 1. The summed E-state index contributed by atoms with van der Waals surface area (Å²) in [5, 5.41) is 48.2. The first kappa shape index (κ1) is 21.6. The summed E-state index contributed by atoms with van der Waals surface area (Å²) >= 11 is 0. The third-order valence-corrected chi connectivity index (χ3v) is 4.53. The molecule has 0 bridgehead atoms. The molecule has 1 aromatic rings. The first-order valence-corrected chi connectivity index (χ1v) is 8.82. The fraction of sp³-hybridized carbons (Fsp3) is 0.706. The van der Waals surface area contributed by atoms with E-state index in [-0.39, 0.29) is 38.3 Å². The van der Waals surface area contributed by atoms with Crippen LogP contribution in [-0.4, -0.2) is 105 Å². The van der Waals surface area contributed by atoms with Gasteiger partial charge in [0.05, 0.1) is 36.8 Å². The number of nitrogens with zero attached hydrogens (tertiary/aromatic N) is 3. The molecule has 1 fully saturated rings. The molecule has 1 aliphatic heterocycles. The largest absolute Gasteiger partial charge is 0.390 e. The molecule has 5 atom stereocenters. The number of carbonyl (C=O) groups excluding carboxylic acids is 1. The highest BCUT2D eigenvalue weighted by molar-refractivity contribution is 5.93. The number of aliphatic hydroxyl groups excluding tert-OH is 4. The van der Waals surface area contributed by atoms with Gasteiger partial charge in [0.2, 0.25) is 0 Å². The zero-order chi connectivity index (χ0) is 19.8. The summed E-state index contributed by atoms with van der Waals surface area (Å²) in [5.74, 6) is -0.467. The molecule has 0 spiro atoms. The molecular formula is C17H27N3O7. The van der Waals surface area contributed by atoms with E-state index < -0.39 is 36.4 Å². The van der Waals surface area contributed by atoms with Gasteiger partial charge in [-0.15, -0.1) is 0 Å². The summed E-state index contributed by atoms with van der Waals surface area (Å²) in [7, 11) is 1.35. The lowest BCUT2D eigenvalue weighted by Crippen LogP contribution is -2.51. The van der Waals surface area contributed by atoms with E-state index in [4.69, 9.17) is 9.47 Å². The van der Waals surface area contributed by atoms with Gasteiger partial charge in [-0.2, -0.15) is 10.2 Å². The number of methoxy groups -OCH3 is 1. The lowest BCUT2D eigenvalue weighted by molar-refractivity contribution is -0.105. The van der Waals surface area contributed by atoms with Gasteiger partial charge in [-0.3, -0.25) is 4.79 Å². The smallest absolute Gasteiger partial charge is 0.255 e. The van der Waals surface area contributed by atoms with Crippen LogP contribution in [0, 0.1) is 0 Å². The number of aromatic nitrogens is 2. The Morgan fingerprint density at radius 2 is 1.96 bits per heavy atom. The van der Waals surface area contributed by atoms with Crippen LogP contribution >= 0.6 is 0 Å². The van der Waals surface area contributed by atoms with E-state index in [0.29, 0.717) is 6.42 Å². The Labute approximate surface area is 157 Å². The molecule has 0 aromatic carbocycles. The molecule has 1 aromatic heterocycles. The Kier molecular flexibility index (Phi) is 8.48. The van der Waals surface area contributed by atoms with Crippen molar-refractivity contribution in [2.24, 2.45) is 0 Å². The summed E-state index contributed by atoms with van der Waals surface area (Å²) < 4.78 is 10.6. The van der Waals surface area contributed by atoms with E-state index in [1.807, 2.05) is 0 Å². The van der Waals surface area contributed by atoms with Crippen LogP contribution in [0.2, 0.25) is 0 Å². The zero-order valence-corrected chi connectivity index (χ0v) is 15.2. The van der Waals surface area contributed by atoms with E-state index in [2.05, 4.69) is 10.2 Å². The van der Waals surface area contributed by atoms with E-state index in [1.165, 1.54) is 30.5 Å². The van der Waals surface area contributed by atoms with Gasteiger partial charge in [0.15, 0.2) is 0 Å². The minimum absolute atomic E-state index is 0.109. The molecule has 27 heavy (non-hydrogen) atoms. The van der Waals surface area contributed by atoms with Gasteiger partial charge in [0.1, 0.15) is 18.3 Å². The van der Waals surface area contributed by atoms with Crippen molar-refractivity contribution in [3.05, 3.63) is 24.0 Å². The number of hydrogen-bond donors (Lipinski definition) is 4. The van der Waals surface area contributed by atoms with Gasteiger partial charge >= 0.3 is 0 Å². The van der Waals surface area contributed by atoms with Crippen LogP contribution in [0.5, 0.6) is 0 Å². The van der Waals surface area contributed by atoms with Crippen LogP contribution in [0.3, 0.4) is 0 Å². The van der Waals surface area contributed by atoms with E-state index >= 15 is 0 Å². The SMILES string of the molecule is CO[C@@H]1CN(C(=O)c2ccnnc2)C[C@@H](O)[C@H](O)CCCOC[C@@H](O)[C@H]1O. The third-order valence-electron chi connectivity index (χ3n) is 4.53. The summed E-state index contributed by atoms with van der Waals surface area (Å²) in [6, 6.07) is 1.47. The first-order valence-electron chi connectivity index (χ1n) is 8.82. The molecule has 2 heterocycles. The first-order chi connectivity index (χ1) is 12.9. The number of hydrogen-bond acceptors (Lipinski definition) is 9. The van der Waals surface area contributed by atoms with Crippen molar-refractivity contribution in [2.45, 2.75) is 43.4 Å². The second-order valence-electron chi connectivity index (χ2n) is 6.53. The maximum atomic E-state index is 12.8. The highest BCUT2D eigenvalue weighted by Crippen LogP contribution is 2.14. The van der Waals surface area contributed by atoms with Gasteiger partial charge < -0.3 is 34.8 Å². The van der Waals surface area contributed by atoms with Crippen LogP contribution in [-0.2, 0) is 9.47 Å². The fourth-order valence-corrected chi connectivity index (χ4v) is 2.86. The lowest BCUT2D eigenvalue weighted by atomic mass is 10.1. The molecule has 10 nitrogen and oxygen atoms in total. The maximum Gasteiger partial charge on any atom is 0.255 e. The van der Waals surface area contributed by atoms with Crippen LogP contribution in [0.4, 0.5) is 0 Å². The van der Waals surface area contributed by atoms with Crippen molar-refractivity contribution in [3.63, 3.8) is 0 Å². The average Bonchev–Trinajstić information content (AvgIpc) is 2.69. The molecule has 0 unspecified atom stereocenters. The molecule has 1 saturated heterocycles. The number of β-amino-alcohol motifs (C(OH)–C–C–N with tert-alkyl or cyclic N) is 1. The summed E-state index contributed by atoms with van der Waals surface area (Å²) in [5.41, 5.74) is 0.240. The third kappa shape index (κ3) is 6.16. The molecule has 0 aliphatic carbocycles. The predicted octanol–water partition coefficient (Wildman–Crippen LogP) is -1.81. The van der Waals surface area contributed by atoms with Crippen molar-refractivity contribution in [1.29, 1.82) is 0 Å². The minimum Gasteiger partial charge on any atom is -0.390 e. The Morgan fingerprint density at radius 3 is 2.63 bits per heavy atom. The number of rotatable bonds is 2. The molecule has 10 heteroatoms. The topological polar surface area (TPSA) is 145 Å². The van der Waals surface area contributed by atoms with E-state index in [1.54, 1.807) is 0 Å². The van der Waals surface area contributed by atoms with Crippen LogP contribution in [0.1, 0.15) is 23.2 Å². The highest BCUT2D eigenvalue weighted by atomic mass is 16.5. The Balaban J connectivity index is 2.25. The number of aliphatic hydroxyl groups is 4. The quantitative estimate of drug-likeness (QED) is 0.462. The van der Waals surface area contributed by atoms with Crippen molar-refractivity contribution in [1.82, 2.24) is 15.1 Å². The Morgan fingerprint density at radius 1 is 1.19 bits per heavy atom. The predicted molar refractivity (Wildman–Crippen MR) is 92.8 cm³/mol. The van der Waals surface area contributed by atoms with Crippen molar-refractivity contribution in [2.75, 3.05) is 33.4 Å². The average molecular weight is 385 g/mol. The monoisotopic (exact) mass is 385 g/mol. The molecule has 0 saturated carbocycles. The number of amides is 1. The summed E-state index contributed by atoms with van der Waals surface area (Å²) in [6.45, 7) is -0.135. The highest BCUT2D eigenvalue weighted by Gasteiger charge is 2.32. The van der Waals surface area contributed by atoms with Crippen molar-refractivity contribution in [3.8, 4) is 0 Å². The zero-order valence-electron chi connectivity index (χ0n) is 15.2. The fourth-order valence-electron chi connectivity index (χ4n) is 2.86. The van der Waals surface area contributed by atoms with E-state index in [9.17, 15) is 25.2 Å². The van der Waals surface area contributed by atoms with Crippen LogP contribution < -0.4 is 0 Å². The Hall–Kier alpha value is -1.69. The standard InChI is InChI=1S/C17H27N3O7/c1-26-15-9-20(17(25)11-4-5-18-19-7-11)8-13(22)12(21)3-2-6-27-10-14(23)16(15)24/h4-5,7,12-16,21-24H,2-3,6,8-10H2,1H3/t12-,13-,14-,15-,16-/m1/s1. The van der Waals surface area contributed by atoms with Crippen molar-refractivity contribution >= 4 is 5.91 Å². The second-order valence-corrected chi connectivity index (χ2v) is 6.53. The van der Waals surface area contributed by atoms with Gasteiger partial charge in [-0.1, -0.05) is 0 Å². The van der Waals surface area contributed by atoms with E-state index in [0.717, 1.165) is 0 Å². The summed E-state index contributed by atoms with van der Waals surface area (Å²) in [4.78, 5) is 14.1. The number of ether oxygens (including phenoxy) is 2. The molecular weight excluding hydrogens is 358 g/mol. The molecule has 2 rings (SSSR count). The van der Waals surface area contributed by atoms with Gasteiger partial charge in [0.25, 0.3) is 5.91 Å². The summed E-state index contributed by atoms with van der Waals surface area (Å²) in [6.07, 6.45) is -2.29. The van der Waals surface area contributed by atoms with Gasteiger partial charge in [-0.25, -0.2) is 0 Å². The maximum absolute atomic E-state index is 12.8. The Bertz CT molecular complexity index is 577. The van der Waals surface area contributed by atoms with Gasteiger partial charge in [0, 0.05) is 26.8 Å². The lowest BCUT2D eigenvalue weighted by Gasteiger charge is -2.32. The second kappa shape index (κ2) is 10.6. The molecule has 0 radical (unpaired) electrons. The minimum atomic E-state index is -1.30.